The molecule has 0 spiro atoms. The van der Waals surface area contributed by atoms with Crippen molar-refractivity contribution >= 4 is 35.0 Å². The second-order valence-electron chi connectivity index (χ2n) is 11.1. The lowest BCUT2D eigenvalue weighted by Crippen LogP contribution is -2.40. The molecule has 0 saturated heterocycles. The SMILES string of the molecule is CCOC(=O)c1ccc(-n2c(C)cc(/C=c3/sc4n(c3=O)[C@@H](c3ccc(OC)cc3)C(C(=O)Nc3ccccc3)=C(C)N=4)c2C)cc1. The van der Waals surface area contributed by atoms with Gasteiger partial charge in [-0.3, -0.25) is 14.2 Å². The molecule has 1 aliphatic heterocycles. The number of thiazole rings is 1. The van der Waals surface area contributed by atoms with Crippen LogP contribution in [0.25, 0.3) is 11.8 Å². The van der Waals surface area contributed by atoms with Gasteiger partial charge in [0.25, 0.3) is 11.5 Å². The van der Waals surface area contributed by atoms with Crippen molar-refractivity contribution in [3.05, 3.63) is 144 Å². The lowest BCUT2D eigenvalue weighted by molar-refractivity contribution is -0.113. The van der Waals surface area contributed by atoms with E-state index in [1.165, 1.54) is 11.3 Å². The van der Waals surface area contributed by atoms with Crippen molar-refractivity contribution in [2.24, 2.45) is 4.99 Å². The fourth-order valence-corrected chi connectivity index (χ4v) is 6.90. The molecular formula is C37H34N4O5S. The molecule has 3 heterocycles. The standard InChI is InChI=1S/C37H34N4O5S/c1-6-46-36(44)26-12-16-29(17-13-26)40-22(2)20-27(24(40)4)21-31-35(43)41-33(25-14-18-30(45-5)19-15-25)32(23(3)38-37(41)47-31)34(42)39-28-10-8-7-9-11-28/h7-21,33H,6H2,1-5H3,(H,39,42)/b31-21+/t33-/m0/s1. The van der Waals surface area contributed by atoms with Crippen LogP contribution < -0.4 is 24.9 Å². The molecule has 1 amide bonds. The van der Waals surface area contributed by atoms with Gasteiger partial charge in [-0.25, -0.2) is 9.79 Å². The van der Waals surface area contributed by atoms with Gasteiger partial charge in [0.05, 0.1) is 41.1 Å². The minimum atomic E-state index is -0.701. The number of carbonyl (C=O) groups is 2. The minimum Gasteiger partial charge on any atom is -0.497 e. The van der Waals surface area contributed by atoms with Crippen molar-refractivity contribution in [1.82, 2.24) is 9.13 Å². The number of esters is 1. The number of aryl methyl sites for hydroxylation is 1. The monoisotopic (exact) mass is 646 g/mol. The van der Waals surface area contributed by atoms with Crippen LogP contribution in [0.15, 0.2) is 106 Å². The van der Waals surface area contributed by atoms with E-state index in [0.717, 1.165) is 28.2 Å². The van der Waals surface area contributed by atoms with Crippen LogP contribution in [-0.4, -0.2) is 34.7 Å². The Morgan fingerprint density at radius 2 is 1.68 bits per heavy atom. The second kappa shape index (κ2) is 13.1. The zero-order valence-electron chi connectivity index (χ0n) is 26.7. The summed E-state index contributed by atoms with van der Waals surface area (Å²) in [5.41, 5.74) is 6.25. The summed E-state index contributed by atoms with van der Waals surface area (Å²) in [6.45, 7) is 7.88. The fraction of sp³-hybridized carbons (Fsp3) is 0.189. The van der Waals surface area contributed by atoms with Crippen molar-refractivity contribution in [2.45, 2.75) is 33.7 Å². The summed E-state index contributed by atoms with van der Waals surface area (Å²) in [5.74, 6) is -0.0203. The average molecular weight is 647 g/mol. The maximum atomic E-state index is 14.2. The van der Waals surface area contributed by atoms with E-state index in [-0.39, 0.29) is 17.4 Å². The smallest absolute Gasteiger partial charge is 0.338 e. The molecule has 9 nitrogen and oxygen atoms in total. The van der Waals surface area contributed by atoms with E-state index >= 15 is 0 Å². The number of para-hydroxylation sites is 1. The number of allylic oxidation sites excluding steroid dienone is 1. The zero-order valence-corrected chi connectivity index (χ0v) is 27.6. The van der Waals surface area contributed by atoms with E-state index in [1.807, 2.05) is 92.7 Å². The van der Waals surface area contributed by atoms with Crippen molar-refractivity contribution in [2.75, 3.05) is 19.0 Å². The van der Waals surface area contributed by atoms with E-state index in [0.29, 0.717) is 44.2 Å². The molecule has 1 N–H and O–H groups in total. The molecule has 2 aromatic heterocycles. The van der Waals surface area contributed by atoms with Crippen molar-refractivity contribution in [3.63, 3.8) is 0 Å². The van der Waals surface area contributed by atoms with E-state index in [1.54, 1.807) is 37.7 Å². The number of methoxy groups -OCH3 is 1. The molecule has 6 rings (SSSR count). The van der Waals surface area contributed by atoms with Gasteiger partial charge in [0.1, 0.15) is 5.75 Å². The first kappa shape index (κ1) is 31.5. The number of benzene rings is 3. The normalized spacial score (nSPS) is 14.4. The number of hydrogen-bond acceptors (Lipinski definition) is 7. The number of rotatable bonds is 8. The summed E-state index contributed by atoms with van der Waals surface area (Å²) < 4.78 is 14.7. The highest BCUT2D eigenvalue weighted by Gasteiger charge is 2.32. The van der Waals surface area contributed by atoms with Gasteiger partial charge in [0.2, 0.25) is 0 Å². The molecule has 1 atom stereocenters. The lowest BCUT2D eigenvalue weighted by Gasteiger charge is -2.25. The third kappa shape index (κ3) is 6.07. The average Bonchev–Trinajstić information content (AvgIpc) is 3.53. The molecule has 10 heteroatoms. The molecule has 47 heavy (non-hydrogen) atoms. The Morgan fingerprint density at radius 3 is 2.34 bits per heavy atom. The van der Waals surface area contributed by atoms with E-state index in [4.69, 9.17) is 14.5 Å². The predicted molar refractivity (Wildman–Crippen MR) is 183 cm³/mol. The number of anilines is 1. The molecule has 0 unspecified atom stereocenters. The van der Waals surface area contributed by atoms with Crippen LogP contribution in [0.2, 0.25) is 0 Å². The third-order valence-electron chi connectivity index (χ3n) is 8.12. The third-order valence-corrected chi connectivity index (χ3v) is 9.11. The largest absolute Gasteiger partial charge is 0.497 e. The number of hydrogen-bond donors (Lipinski definition) is 1. The van der Waals surface area contributed by atoms with Crippen LogP contribution in [0.4, 0.5) is 5.69 Å². The Bertz CT molecular complexity index is 2190. The van der Waals surface area contributed by atoms with Crippen LogP contribution in [-0.2, 0) is 9.53 Å². The number of nitrogens with zero attached hydrogens (tertiary/aromatic N) is 3. The van der Waals surface area contributed by atoms with Crippen LogP contribution >= 0.6 is 11.3 Å². The van der Waals surface area contributed by atoms with Gasteiger partial charge in [0, 0.05) is 22.8 Å². The molecule has 0 fully saturated rings. The summed E-state index contributed by atoms with van der Waals surface area (Å²) in [5, 5.41) is 2.98. The van der Waals surface area contributed by atoms with Gasteiger partial charge < -0.3 is 19.4 Å². The highest BCUT2D eigenvalue weighted by atomic mass is 32.1. The van der Waals surface area contributed by atoms with E-state index in [2.05, 4.69) is 9.88 Å². The van der Waals surface area contributed by atoms with Crippen molar-refractivity contribution < 1.29 is 19.1 Å². The molecular weight excluding hydrogens is 612 g/mol. The molecule has 0 aliphatic carbocycles. The molecule has 0 saturated carbocycles. The summed E-state index contributed by atoms with van der Waals surface area (Å²) in [7, 11) is 1.59. The molecule has 3 aromatic carbocycles. The lowest BCUT2D eigenvalue weighted by atomic mass is 9.95. The topological polar surface area (TPSA) is 104 Å². The molecule has 0 radical (unpaired) electrons. The Balaban J connectivity index is 1.43. The van der Waals surface area contributed by atoms with Crippen molar-refractivity contribution in [3.8, 4) is 11.4 Å². The zero-order chi connectivity index (χ0) is 33.2. The highest BCUT2D eigenvalue weighted by molar-refractivity contribution is 7.07. The number of aromatic nitrogens is 2. The predicted octanol–water partition coefficient (Wildman–Crippen LogP) is 5.47. The first-order valence-electron chi connectivity index (χ1n) is 15.2. The first-order chi connectivity index (χ1) is 22.7. The Hall–Kier alpha value is -5.48. The fourth-order valence-electron chi connectivity index (χ4n) is 5.87. The van der Waals surface area contributed by atoms with Gasteiger partial charge in [-0.1, -0.05) is 41.7 Å². The Morgan fingerprint density at radius 1 is 0.979 bits per heavy atom. The molecule has 1 aliphatic rings. The maximum absolute atomic E-state index is 14.2. The Kier molecular flexibility index (Phi) is 8.78. The summed E-state index contributed by atoms with van der Waals surface area (Å²) in [4.78, 5) is 45.5. The van der Waals surface area contributed by atoms with Gasteiger partial charge in [-0.15, -0.1) is 0 Å². The Labute approximate surface area is 275 Å². The van der Waals surface area contributed by atoms with Crippen LogP contribution in [0, 0.1) is 13.8 Å². The highest BCUT2D eigenvalue weighted by Crippen LogP contribution is 2.32. The van der Waals surface area contributed by atoms with E-state index in [9.17, 15) is 14.4 Å². The minimum absolute atomic E-state index is 0.240. The summed E-state index contributed by atoms with van der Waals surface area (Å²) in [6, 6.07) is 25.2. The summed E-state index contributed by atoms with van der Waals surface area (Å²) >= 11 is 1.29. The molecule has 5 aromatic rings. The molecule has 238 valence electrons. The van der Waals surface area contributed by atoms with Crippen LogP contribution in [0.3, 0.4) is 0 Å². The number of ether oxygens (including phenoxy) is 2. The number of nitrogens with one attached hydrogen (secondary N) is 1. The molecule has 0 bridgehead atoms. The van der Waals surface area contributed by atoms with Crippen molar-refractivity contribution in [1.29, 1.82) is 0 Å². The second-order valence-corrected chi connectivity index (χ2v) is 12.1. The van der Waals surface area contributed by atoms with Gasteiger partial charge in [-0.05, 0) is 99.5 Å². The quantitative estimate of drug-likeness (QED) is 0.226. The van der Waals surface area contributed by atoms with Gasteiger partial charge in [0.15, 0.2) is 4.80 Å². The summed E-state index contributed by atoms with van der Waals surface area (Å²) in [6.07, 6.45) is 1.88. The van der Waals surface area contributed by atoms with Gasteiger partial charge >= 0.3 is 5.97 Å². The number of fused-ring (bicyclic) bond motifs is 1. The number of carbonyl (C=O) groups excluding carboxylic acids is 2. The van der Waals surface area contributed by atoms with E-state index < -0.39 is 6.04 Å². The van der Waals surface area contributed by atoms with Gasteiger partial charge in [-0.2, -0.15) is 0 Å². The number of amides is 1. The maximum Gasteiger partial charge on any atom is 0.338 e. The first-order valence-corrected chi connectivity index (χ1v) is 16.0. The van der Waals surface area contributed by atoms with Crippen LogP contribution in [0.1, 0.15) is 52.8 Å². The van der Waals surface area contributed by atoms with Crippen LogP contribution in [0.5, 0.6) is 5.75 Å².